The number of carbonyl (C=O) groups excluding carboxylic acids is 1. The van der Waals surface area contributed by atoms with Crippen LogP contribution in [-0.4, -0.2) is 17.8 Å². The van der Waals surface area contributed by atoms with E-state index in [4.69, 9.17) is 11.6 Å². The topological polar surface area (TPSA) is 29.1 Å². The molecule has 0 heterocycles. The Kier molecular flexibility index (Phi) is 5.47. The van der Waals surface area contributed by atoms with E-state index in [0.29, 0.717) is 17.2 Å². The SMILES string of the molecule is CC(C)c1ccc(C(=O)NCC2CCC(Cl)CC2)cc1. The molecule has 0 atom stereocenters. The Bertz CT molecular complexity index is 433. The molecule has 1 amide bonds. The quantitative estimate of drug-likeness (QED) is 0.822. The molecular formula is C17H24ClNO. The van der Waals surface area contributed by atoms with Crippen molar-refractivity contribution < 1.29 is 4.79 Å². The molecule has 0 aliphatic heterocycles. The van der Waals surface area contributed by atoms with E-state index in [9.17, 15) is 4.79 Å². The molecule has 1 aliphatic rings. The van der Waals surface area contributed by atoms with Crippen LogP contribution in [0.4, 0.5) is 0 Å². The van der Waals surface area contributed by atoms with Crippen molar-refractivity contribution in [2.45, 2.75) is 50.8 Å². The summed E-state index contributed by atoms with van der Waals surface area (Å²) in [6, 6.07) is 7.91. The maximum absolute atomic E-state index is 12.1. The van der Waals surface area contributed by atoms with Crippen molar-refractivity contribution in [1.29, 1.82) is 0 Å². The molecule has 1 N–H and O–H groups in total. The van der Waals surface area contributed by atoms with Crippen LogP contribution in [0, 0.1) is 5.92 Å². The Morgan fingerprint density at radius 1 is 1.20 bits per heavy atom. The van der Waals surface area contributed by atoms with Crippen LogP contribution in [-0.2, 0) is 0 Å². The van der Waals surface area contributed by atoms with Crippen LogP contribution in [0.5, 0.6) is 0 Å². The third kappa shape index (κ3) is 4.24. The van der Waals surface area contributed by atoms with Crippen LogP contribution < -0.4 is 5.32 Å². The van der Waals surface area contributed by atoms with E-state index in [1.807, 2.05) is 24.3 Å². The molecule has 20 heavy (non-hydrogen) atoms. The maximum Gasteiger partial charge on any atom is 0.251 e. The first-order valence-corrected chi connectivity index (χ1v) is 8.02. The zero-order chi connectivity index (χ0) is 14.5. The smallest absolute Gasteiger partial charge is 0.251 e. The lowest BCUT2D eigenvalue weighted by molar-refractivity contribution is 0.0943. The van der Waals surface area contributed by atoms with Gasteiger partial charge in [0.1, 0.15) is 0 Å². The summed E-state index contributed by atoms with van der Waals surface area (Å²) in [7, 11) is 0. The fourth-order valence-electron chi connectivity index (χ4n) is 2.68. The molecule has 2 rings (SSSR count). The number of carbonyl (C=O) groups is 1. The summed E-state index contributed by atoms with van der Waals surface area (Å²) in [5, 5.41) is 3.39. The summed E-state index contributed by atoms with van der Waals surface area (Å²) >= 11 is 6.09. The van der Waals surface area contributed by atoms with Gasteiger partial charge >= 0.3 is 0 Å². The second-order valence-corrected chi connectivity index (χ2v) is 6.72. The zero-order valence-corrected chi connectivity index (χ0v) is 13.1. The fraction of sp³-hybridized carbons (Fsp3) is 0.588. The highest BCUT2D eigenvalue weighted by molar-refractivity contribution is 6.20. The second kappa shape index (κ2) is 7.12. The molecule has 0 spiro atoms. The van der Waals surface area contributed by atoms with Crippen LogP contribution in [0.25, 0.3) is 0 Å². The first kappa shape index (κ1) is 15.4. The van der Waals surface area contributed by atoms with Gasteiger partial charge < -0.3 is 5.32 Å². The maximum atomic E-state index is 12.1. The van der Waals surface area contributed by atoms with Crippen molar-refractivity contribution in [3.63, 3.8) is 0 Å². The van der Waals surface area contributed by atoms with Crippen molar-refractivity contribution in [2.75, 3.05) is 6.54 Å². The Hall–Kier alpha value is -1.02. The summed E-state index contributed by atoms with van der Waals surface area (Å²) in [4.78, 5) is 12.1. The van der Waals surface area contributed by atoms with Gasteiger partial charge in [0.05, 0.1) is 0 Å². The monoisotopic (exact) mass is 293 g/mol. The van der Waals surface area contributed by atoms with E-state index in [1.165, 1.54) is 5.56 Å². The largest absolute Gasteiger partial charge is 0.352 e. The van der Waals surface area contributed by atoms with Gasteiger partial charge in [-0.3, -0.25) is 4.79 Å². The Morgan fingerprint density at radius 2 is 1.80 bits per heavy atom. The highest BCUT2D eigenvalue weighted by Gasteiger charge is 2.20. The number of amides is 1. The molecule has 1 aliphatic carbocycles. The van der Waals surface area contributed by atoms with Gasteiger partial charge in [0, 0.05) is 17.5 Å². The first-order valence-electron chi connectivity index (χ1n) is 7.58. The minimum absolute atomic E-state index is 0.0355. The number of hydrogen-bond acceptors (Lipinski definition) is 1. The minimum Gasteiger partial charge on any atom is -0.352 e. The fourth-order valence-corrected chi connectivity index (χ4v) is 2.94. The Labute approximate surface area is 126 Å². The average molecular weight is 294 g/mol. The van der Waals surface area contributed by atoms with Gasteiger partial charge in [0.15, 0.2) is 0 Å². The third-order valence-corrected chi connectivity index (χ3v) is 4.60. The third-order valence-electron chi connectivity index (χ3n) is 4.17. The van der Waals surface area contributed by atoms with Crippen molar-refractivity contribution in [1.82, 2.24) is 5.32 Å². The lowest BCUT2D eigenvalue weighted by Gasteiger charge is -2.25. The van der Waals surface area contributed by atoms with Gasteiger partial charge in [-0.2, -0.15) is 0 Å². The van der Waals surface area contributed by atoms with Crippen LogP contribution in [0.3, 0.4) is 0 Å². The normalized spacial score (nSPS) is 22.8. The molecular weight excluding hydrogens is 270 g/mol. The molecule has 1 saturated carbocycles. The molecule has 1 fully saturated rings. The highest BCUT2D eigenvalue weighted by atomic mass is 35.5. The summed E-state index contributed by atoms with van der Waals surface area (Å²) in [6.45, 7) is 5.08. The molecule has 0 radical (unpaired) electrons. The number of alkyl halides is 1. The van der Waals surface area contributed by atoms with E-state index < -0.39 is 0 Å². The van der Waals surface area contributed by atoms with Crippen LogP contribution in [0.1, 0.15) is 61.4 Å². The van der Waals surface area contributed by atoms with Crippen molar-refractivity contribution in [3.05, 3.63) is 35.4 Å². The highest BCUT2D eigenvalue weighted by Crippen LogP contribution is 2.27. The second-order valence-electron chi connectivity index (χ2n) is 6.10. The van der Waals surface area contributed by atoms with E-state index >= 15 is 0 Å². The number of nitrogens with one attached hydrogen (secondary N) is 1. The molecule has 0 unspecified atom stereocenters. The van der Waals surface area contributed by atoms with Gasteiger partial charge in [-0.25, -0.2) is 0 Å². The molecule has 1 aromatic rings. The average Bonchev–Trinajstić information content (AvgIpc) is 2.46. The standard InChI is InChI=1S/C17H24ClNO/c1-12(2)14-5-7-15(8-6-14)17(20)19-11-13-3-9-16(18)10-4-13/h5-8,12-13,16H,3-4,9-11H2,1-2H3,(H,19,20). The molecule has 0 bridgehead atoms. The zero-order valence-electron chi connectivity index (χ0n) is 12.4. The summed E-state index contributed by atoms with van der Waals surface area (Å²) in [5.74, 6) is 1.12. The number of rotatable bonds is 4. The molecule has 0 aromatic heterocycles. The molecule has 0 saturated heterocycles. The molecule has 3 heteroatoms. The van der Waals surface area contributed by atoms with Gasteiger partial charge in [-0.15, -0.1) is 11.6 Å². The summed E-state index contributed by atoms with van der Waals surface area (Å²) in [6.07, 6.45) is 4.40. The number of hydrogen-bond donors (Lipinski definition) is 1. The lowest BCUT2D eigenvalue weighted by Crippen LogP contribution is -2.31. The number of halogens is 1. The minimum atomic E-state index is 0.0355. The van der Waals surface area contributed by atoms with E-state index in [-0.39, 0.29) is 5.91 Å². The van der Waals surface area contributed by atoms with Gasteiger partial charge in [0.25, 0.3) is 5.91 Å². The molecule has 110 valence electrons. The van der Waals surface area contributed by atoms with E-state index in [1.54, 1.807) is 0 Å². The first-order chi connectivity index (χ1) is 9.56. The van der Waals surface area contributed by atoms with Crippen molar-refractivity contribution in [2.24, 2.45) is 5.92 Å². The van der Waals surface area contributed by atoms with Gasteiger partial charge in [-0.1, -0.05) is 26.0 Å². The lowest BCUT2D eigenvalue weighted by atomic mass is 9.89. The predicted molar refractivity (Wildman–Crippen MR) is 84.5 cm³/mol. The van der Waals surface area contributed by atoms with E-state index in [0.717, 1.165) is 37.8 Å². The summed E-state index contributed by atoms with van der Waals surface area (Å²) < 4.78 is 0. The number of benzene rings is 1. The van der Waals surface area contributed by atoms with Crippen molar-refractivity contribution >= 4 is 17.5 Å². The molecule has 1 aromatic carbocycles. The van der Waals surface area contributed by atoms with Crippen LogP contribution >= 0.6 is 11.6 Å². The van der Waals surface area contributed by atoms with Gasteiger partial charge in [0.2, 0.25) is 0 Å². The van der Waals surface area contributed by atoms with Crippen LogP contribution in [0.15, 0.2) is 24.3 Å². The Morgan fingerprint density at radius 3 is 2.35 bits per heavy atom. The molecule has 2 nitrogen and oxygen atoms in total. The Balaban J connectivity index is 1.82. The summed E-state index contributed by atoms with van der Waals surface area (Å²) in [5.41, 5.74) is 2.02. The predicted octanol–water partition coefficient (Wildman–Crippen LogP) is 4.34. The van der Waals surface area contributed by atoms with Crippen LogP contribution in [0.2, 0.25) is 0 Å². The van der Waals surface area contributed by atoms with Gasteiger partial charge in [-0.05, 0) is 55.2 Å². The van der Waals surface area contributed by atoms with E-state index in [2.05, 4.69) is 19.2 Å². The van der Waals surface area contributed by atoms with Crippen molar-refractivity contribution in [3.8, 4) is 0 Å².